The molecule has 2 saturated heterocycles. The molecule has 0 N–H and O–H groups in total. The molecular weight excluding hydrogens is 246 g/mol. The monoisotopic (exact) mass is 265 g/mol. The Labute approximate surface area is 112 Å². The SMILES string of the molecule is O=C1CCCN1[C@H]1CCCN(Cc2nccs2)C1. The predicted molar refractivity (Wildman–Crippen MR) is 71.4 cm³/mol. The molecule has 0 unspecified atom stereocenters. The lowest BCUT2D eigenvalue weighted by molar-refractivity contribution is -0.130. The summed E-state index contributed by atoms with van der Waals surface area (Å²) in [5.74, 6) is 0.357. The van der Waals surface area contributed by atoms with Crippen molar-refractivity contribution in [2.45, 2.75) is 38.3 Å². The Balaban J connectivity index is 1.59. The quantitative estimate of drug-likeness (QED) is 0.835. The number of hydrogen-bond donors (Lipinski definition) is 0. The molecule has 2 aliphatic heterocycles. The van der Waals surface area contributed by atoms with Crippen molar-refractivity contribution in [1.29, 1.82) is 0 Å². The first-order valence-corrected chi connectivity index (χ1v) is 7.61. The Morgan fingerprint density at radius 2 is 2.33 bits per heavy atom. The second-order valence-electron chi connectivity index (χ2n) is 5.15. The van der Waals surface area contributed by atoms with E-state index in [0.29, 0.717) is 11.9 Å². The molecule has 2 fully saturated rings. The van der Waals surface area contributed by atoms with Gasteiger partial charge in [-0.05, 0) is 25.8 Å². The summed E-state index contributed by atoms with van der Waals surface area (Å²) < 4.78 is 0. The Morgan fingerprint density at radius 3 is 3.06 bits per heavy atom. The van der Waals surface area contributed by atoms with Gasteiger partial charge in [-0.2, -0.15) is 0 Å². The van der Waals surface area contributed by atoms with Crippen LogP contribution in [0.4, 0.5) is 0 Å². The fraction of sp³-hybridized carbons (Fsp3) is 0.692. The molecule has 0 aromatic carbocycles. The number of carbonyl (C=O) groups excluding carboxylic acids is 1. The zero-order chi connectivity index (χ0) is 12.4. The van der Waals surface area contributed by atoms with Crippen molar-refractivity contribution < 1.29 is 4.79 Å². The Bertz CT molecular complexity index is 406. The van der Waals surface area contributed by atoms with Gasteiger partial charge in [-0.25, -0.2) is 4.98 Å². The lowest BCUT2D eigenvalue weighted by Gasteiger charge is -2.37. The number of piperidine rings is 1. The lowest BCUT2D eigenvalue weighted by atomic mass is 10.0. The first-order valence-electron chi connectivity index (χ1n) is 6.73. The standard InChI is InChI=1S/C13H19N3OS/c17-13-4-2-7-16(13)11-3-1-6-15(9-11)10-12-14-5-8-18-12/h5,8,11H,1-4,6-7,9-10H2/t11-/m0/s1. The van der Waals surface area contributed by atoms with E-state index < -0.39 is 0 Å². The molecule has 3 heterocycles. The summed E-state index contributed by atoms with van der Waals surface area (Å²) in [6, 6.07) is 0.439. The van der Waals surface area contributed by atoms with Crippen molar-refractivity contribution in [3.63, 3.8) is 0 Å². The molecular formula is C13H19N3OS. The van der Waals surface area contributed by atoms with Crippen molar-refractivity contribution in [2.24, 2.45) is 0 Å². The Morgan fingerprint density at radius 1 is 1.39 bits per heavy atom. The van der Waals surface area contributed by atoms with Gasteiger partial charge in [0.05, 0.1) is 6.54 Å². The molecule has 0 radical (unpaired) electrons. The van der Waals surface area contributed by atoms with Crippen LogP contribution in [-0.2, 0) is 11.3 Å². The van der Waals surface area contributed by atoms with Crippen LogP contribution in [0.2, 0.25) is 0 Å². The number of hydrogen-bond acceptors (Lipinski definition) is 4. The molecule has 3 rings (SSSR count). The third kappa shape index (κ3) is 2.57. The minimum absolute atomic E-state index is 0.357. The number of nitrogens with zero attached hydrogens (tertiary/aromatic N) is 3. The molecule has 0 aliphatic carbocycles. The van der Waals surface area contributed by atoms with E-state index in [4.69, 9.17) is 0 Å². The van der Waals surface area contributed by atoms with Crippen LogP contribution in [0.15, 0.2) is 11.6 Å². The van der Waals surface area contributed by atoms with Gasteiger partial charge in [0.25, 0.3) is 0 Å². The number of aromatic nitrogens is 1. The highest BCUT2D eigenvalue weighted by atomic mass is 32.1. The summed E-state index contributed by atoms with van der Waals surface area (Å²) in [6.45, 7) is 4.06. The molecule has 5 heteroatoms. The minimum atomic E-state index is 0.357. The maximum atomic E-state index is 11.8. The Hall–Kier alpha value is -0.940. The van der Waals surface area contributed by atoms with E-state index in [1.165, 1.54) is 17.8 Å². The van der Waals surface area contributed by atoms with Crippen molar-refractivity contribution in [3.05, 3.63) is 16.6 Å². The molecule has 98 valence electrons. The second-order valence-corrected chi connectivity index (χ2v) is 6.13. The highest BCUT2D eigenvalue weighted by Crippen LogP contribution is 2.22. The van der Waals surface area contributed by atoms with Crippen molar-refractivity contribution >= 4 is 17.2 Å². The third-order valence-electron chi connectivity index (χ3n) is 3.87. The Kier molecular flexibility index (Phi) is 3.61. The highest BCUT2D eigenvalue weighted by molar-refractivity contribution is 7.09. The second kappa shape index (κ2) is 5.36. The average Bonchev–Trinajstić information content (AvgIpc) is 3.01. The van der Waals surface area contributed by atoms with Gasteiger partial charge in [0, 0.05) is 37.1 Å². The summed E-state index contributed by atoms with van der Waals surface area (Å²) in [5.41, 5.74) is 0. The van der Waals surface area contributed by atoms with Crippen LogP contribution in [-0.4, -0.2) is 46.4 Å². The zero-order valence-electron chi connectivity index (χ0n) is 10.5. The highest BCUT2D eigenvalue weighted by Gasteiger charge is 2.31. The minimum Gasteiger partial charge on any atom is -0.338 e. The fourth-order valence-electron chi connectivity index (χ4n) is 3.01. The number of rotatable bonds is 3. The topological polar surface area (TPSA) is 36.4 Å². The van der Waals surface area contributed by atoms with Crippen molar-refractivity contribution in [1.82, 2.24) is 14.8 Å². The summed E-state index contributed by atoms with van der Waals surface area (Å²) in [6.07, 6.45) is 6.02. The van der Waals surface area contributed by atoms with Crippen LogP contribution in [0, 0.1) is 0 Å². The number of likely N-dealkylation sites (tertiary alicyclic amines) is 2. The van der Waals surface area contributed by atoms with Crippen LogP contribution >= 0.6 is 11.3 Å². The smallest absolute Gasteiger partial charge is 0.222 e. The van der Waals surface area contributed by atoms with E-state index in [9.17, 15) is 4.79 Å². The largest absolute Gasteiger partial charge is 0.338 e. The number of thiazole rings is 1. The van der Waals surface area contributed by atoms with E-state index in [-0.39, 0.29) is 0 Å². The third-order valence-corrected chi connectivity index (χ3v) is 4.64. The molecule has 2 aliphatic rings. The van der Waals surface area contributed by atoms with Gasteiger partial charge in [0.2, 0.25) is 5.91 Å². The van der Waals surface area contributed by atoms with Gasteiger partial charge in [-0.15, -0.1) is 11.3 Å². The van der Waals surface area contributed by atoms with E-state index in [1.807, 2.05) is 11.6 Å². The molecule has 1 atom stereocenters. The maximum Gasteiger partial charge on any atom is 0.222 e. The first-order chi connectivity index (χ1) is 8.83. The molecule has 1 amide bonds. The van der Waals surface area contributed by atoms with Crippen molar-refractivity contribution in [3.8, 4) is 0 Å². The van der Waals surface area contributed by atoms with Crippen LogP contribution in [0.3, 0.4) is 0 Å². The lowest BCUT2D eigenvalue weighted by Crippen LogP contribution is -2.48. The van der Waals surface area contributed by atoms with Crippen LogP contribution < -0.4 is 0 Å². The van der Waals surface area contributed by atoms with Crippen LogP contribution in [0.5, 0.6) is 0 Å². The van der Waals surface area contributed by atoms with Gasteiger partial charge in [0.1, 0.15) is 5.01 Å². The van der Waals surface area contributed by atoms with Crippen LogP contribution in [0.1, 0.15) is 30.7 Å². The van der Waals surface area contributed by atoms with E-state index in [0.717, 1.165) is 39.0 Å². The van der Waals surface area contributed by atoms with Crippen molar-refractivity contribution in [2.75, 3.05) is 19.6 Å². The molecule has 0 saturated carbocycles. The normalized spacial score (nSPS) is 25.9. The van der Waals surface area contributed by atoms with E-state index >= 15 is 0 Å². The average molecular weight is 265 g/mol. The predicted octanol–water partition coefficient (Wildman–Crippen LogP) is 1.73. The van der Waals surface area contributed by atoms with Gasteiger partial charge in [-0.1, -0.05) is 0 Å². The molecule has 0 spiro atoms. The fourth-order valence-corrected chi connectivity index (χ4v) is 3.66. The van der Waals surface area contributed by atoms with Gasteiger partial charge in [0.15, 0.2) is 0 Å². The molecule has 18 heavy (non-hydrogen) atoms. The summed E-state index contributed by atoms with van der Waals surface area (Å²) >= 11 is 1.72. The summed E-state index contributed by atoms with van der Waals surface area (Å²) in [7, 11) is 0. The summed E-state index contributed by atoms with van der Waals surface area (Å²) in [5, 5.41) is 3.21. The molecule has 4 nitrogen and oxygen atoms in total. The zero-order valence-corrected chi connectivity index (χ0v) is 11.4. The van der Waals surface area contributed by atoms with Crippen LogP contribution in [0.25, 0.3) is 0 Å². The van der Waals surface area contributed by atoms with E-state index in [2.05, 4.69) is 14.8 Å². The summed E-state index contributed by atoms with van der Waals surface area (Å²) in [4.78, 5) is 20.7. The van der Waals surface area contributed by atoms with Gasteiger partial charge >= 0.3 is 0 Å². The number of amides is 1. The maximum absolute atomic E-state index is 11.8. The van der Waals surface area contributed by atoms with Gasteiger partial charge in [-0.3, -0.25) is 9.69 Å². The first kappa shape index (κ1) is 12.1. The molecule has 0 bridgehead atoms. The van der Waals surface area contributed by atoms with E-state index in [1.54, 1.807) is 11.3 Å². The molecule has 1 aromatic rings. The molecule has 1 aromatic heterocycles. The van der Waals surface area contributed by atoms with Gasteiger partial charge < -0.3 is 4.90 Å². The number of carbonyl (C=O) groups is 1.